The molecule has 0 aliphatic carbocycles. The highest BCUT2D eigenvalue weighted by Gasteiger charge is 1.96. The molecule has 0 saturated carbocycles. The number of alkyl halides is 1. The summed E-state index contributed by atoms with van der Waals surface area (Å²) in [6.45, 7) is 13.8. The number of hydrogen-bond donors (Lipinski definition) is 0. The van der Waals surface area contributed by atoms with Gasteiger partial charge in [-0.15, -0.1) is 11.6 Å². The zero-order chi connectivity index (χ0) is 28.2. The quantitative estimate of drug-likeness (QED) is 0.0796. The Morgan fingerprint density at radius 2 is 0.513 bits per heavy atom. The molecule has 0 saturated heterocycles. The highest BCUT2D eigenvalue weighted by molar-refractivity contribution is 6.17. The zero-order valence-corrected chi connectivity index (χ0v) is 25.3. The van der Waals surface area contributed by atoms with E-state index in [9.17, 15) is 0 Å². The monoisotopic (exact) mass is 588 g/mol. The number of ether oxygens (including phenoxy) is 10. The first-order valence-electron chi connectivity index (χ1n) is 14.7. The molecule has 0 fully saturated rings. The summed E-state index contributed by atoms with van der Waals surface area (Å²) in [6.07, 6.45) is 6.76. The molecule has 0 aromatic carbocycles. The largest absolute Gasteiger partial charge is 0.379 e. The summed E-state index contributed by atoms with van der Waals surface area (Å²) in [7, 11) is 0. The van der Waals surface area contributed by atoms with Crippen molar-refractivity contribution in [3.63, 3.8) is 0 Å². The minimum atomic E-state index is 0.529. The third-order valence-electron chi connectivity index (χ3n) is 5.16. The highest BCUT2D eigenvalue weighted by Crippen LogP contribution is 2.01. The van der Waals surface area contributed by atoms with Crippen molar-refractivity contribution in [1.82, 2.24) is 0 Å². The van der Waals surface area contributed by atoms with Crippen LogP contribution >= 0.6 is 11.6 Å². The van der Waals surface area contributed by atoms with Gasteiger partial charge in [-0.05, 0) is 19.3 Å². The van der Waals surface area contributed by atoms with E-state index >= 15 is 0 Å². The van der Waals surface area contributed by atoms with Crippen LogP contribution in [-0.4, -0.2) is 138 Å². The van der Waals surface area contributed by atoms with Crippen LogP contribution in [-0.2, 0) is 47.4 Å². The minimum Gasteiger partial charge on any atom is -0.379 e. The lowest BCUT2D eigenvalue weighted by Crippen LogP contribution is -2.15. The maximum Gasteiger partial charge on any atom is 0.0701 e. The molecule has 11 heteroatoms. The number of halogens is 1. The van der Waals surface area contributed by atoms with Crippen LogP contribution < -0.4 is 0 Å². The van der Waals surface area contributed by atoms with Crippen molar-refractivity contribution < 1.29 is 47.4 Å². The average molecular weight is 589 g/mol. The van der Waals surface area contributed by atoms with Crippen molar-refractivity contribution in [1.29, 1.82) is 0 Å². The normalized spacial score (nSPS) is 11.5. The van der Waals surface area contributed by atoms with Gasteiger partial charge in [0.25, 0.3) is 0 Å². The van der Waals surface area contributed by atoms with Crippen LogP contribution in [0.4, 0.5) is 0 Å². The van der Waals surface area contributed by atoms with Crippen LogP contribution in [0.25, 0.3) is 0 Å². The Bertz CT molecular complexity index is 388. The van der Waals surface area contributed by atoms with E-state index in [1.807, 2.05) is 0 Å². The zero-order valence-electron chi connectivity index (χ0n) is 24.6. The lowest BCUT2D eigenvalue weighted by molar-refractivity contribution is -0.0264. The Labute approximate surface area is 242 Å². The standard InChI is InChI=1S/C28H57ClO10/c1-2-3-9-30-11-13-32-15-17-34-19-21-36-23-25-38-27-28-39-26-24-37-22-20-35-18-16-33-14-12-31-10-7-5-4-6-8-29/h2-28H2,1H3. The molecule has 0 bridgehead atoms. The molecule has 0 aromatic rings. The topological polar surface area (TPSA) is 92.3 Å². The van der Waals surface area contributed by atoms with E-state index in [2.05, 4.69) is 6.92 Å². The molecule has 0 unspecified atom stereocenters. The van der Waals surface area contributed by atoms with Crippen molar-refractivity contribution in [3.05, 3.63) is 0 Å². The minimum absolute atomic E-state index is 0.529. The molecule has 0 N–H and O–H groups in total. The van der Waals surface area contributed by atoms with Gasteiger partial charge in [0, 0.05) is 19.1 Å². The van der Waals surface area contributed by atoms with Gasteiger partial charge in [-0.25, -0.2) is 0 Å². The molecule has 0 radical (unpaired) electrons. The molecule has 0 aromatic heterocycles. The first kappa shape index (κ1) is 38.9. The van der Waals surface area contributed by atoms with Gasteiger partial charge in [-0.3, -0.25) is 0 Å². The number of hydrogen-bond acceptors (Lipinski definition) is 10. The SMILES string of the molecule is CCCCOCCOCCOCCOCCOCCOCCOCCOCCOCCOCCCCCCCl. The molecular formula is C28H57ClO10. The van der Waals surface area contributed by atoms with Gasteiger partial charge in [-0.1, -0.05) is 26.2 Å². The van der Waals surface area contributed by atoms with Crippen molar-refractivity contribution in [2.75, 3.05) is 138 Å². The van der Waals surface area contributed by atoms with Crippen LogP contribution in [0.2, 0.25) is 0 Å². The summed E-state index contributed by atoms with van der Waals surface area (Å²) in [5.41, 5.74) is 0. The average Bonchev–Trinajstić information content (AvgIpc) is 2.95. The number of rotatable bonds is 36. The summed E-state index contributed by atoms with van der Waals surface area (Å²) in [6, 6.07) is 0. The fourth-order valence-corrected chi connectivity index (χ4v) is 3.17. The molecule has 0 aliphatic rings. The lowest BCUT2D eigenvalue weighted by atomic mass is 10.2. The second-order valence-electron chi connectivity index (χ2n) is 8.58. The van der Waals surface area contributed by atoms with Crippen molar-refractivity contribution in [3.8, 4) is 0 Å². The summed E-state index contributed by atoms with van der Waals surface area (Å²) in [4.78, 5) is 0. The fraction of sp³-hybridized carbons (Fsp3) is 1.00. The second kappa shape index (κ2) is 37.9. The summed E-state index contributed by atoms with van der Waals surface area (Å²) >= 11 is 5.65. The molecule has 236 valence electrons. The van der Waals surface area contributed by atoms with E-state index in [1.165, 1.54) is 12.8 Å². The van der Waals surface area contributed by atoms with Crippen molar-refractivity contribution in [2.24, 2.45) is 0 Å². The molecule has 0 spiro atoms. The predicted octanol–water partition coefficient (Wildman–Crippen LogP) is 3.75. The van der Waals surface area contributed by atoms with Crippen LogP contribution in [0.1, 0.15) is 45.4 Å². The van der Waals surface area contributed by atoms with Gasteiger partial charge in [0.2, 0.25) is 0 Å². The summed E-state index contributed by atoms with van der Waals surface area (Å²) in [5, 5.41) is 0. The van der Waals surface area contributed by atoms with Crippen LogP contribution in [0, 0.1) is 0 Å². The predicted molar refractivity (Wildman–Crippen MR) is 152 cm³/mol. The Hall–Kier alpha value is -0.110. The highest BCUT2D eigenvalue weighted by atomic mass is 35.5. The third kappa shape index (κ3) is 37.9. The molecule has 0 heterocycles. The molecule has 0 rings (SSSR count). The van der Waals surface area contributed by atoms with Gasteiger partial charge < -0.3 is 47.4 Å². The number of unbranched alkanes of at least 4 members (excludes halogenated alkanes) is 4. The first-order valence-corrected chi connectivity index (χ1v) is 15.3. The van der Waals surface area contributed by atoms with Crippen molar-refractivity contribution >= 4 is 11.6 Å². The molecule has 0 atom stereocenters. The lowest BCUT2D eigenvalue weighted by Gasteiger charge is -2.09. The first-order chi connectivity index (χ1) is 19.4. The van der Waals surface area contributed by atoms with Crippen LogP contribution in [0.3, 0.4) is 0 Å². The summed E-state index contributed by atoms with van der Waals surface area (Å²) < 4.78 is 54.6. The molecule has 0 aliphatic heterocycles. The fourth-order valence-electron chi connectivity index (χ4n) is 2.98. The van der Waals surface area contributed by atoms with Gasteiger partial charge in [-0.2, -0.15) is 0 Å². The van der Waals surface area contributed by atoms with Crippen LogP contribution in [0.15, 0.2) is 0 Å². The molecule has 39 heavy (non-hydrogen) atoms. The van der Waals surface area contributed by atoms with E-state index in [4.69, 9.17) is 59.0 Å². The van der Waals surface area contributed by atoms with Gasteiger partial charge in [0.15, 0.2) is 0 Å². The molecule has 10 nitrogen and oxygen atoms in total. The Morgan fingerprint density at radius 1 is 0.282 bits per heavy atom. The van der Waals surface area contributed by atoms with E-state index < -0.39 is 0 Å². The molecular weight excluding hydrogens is 532 g/mol. The van der Waals surface area contributed by atoms with Gasteiger partial charge >= 0.3 is 0 Å². The maximum absolute atomic E-state index is 5.65. The Morgan fingerprint density at radius 3 is 0.769 bits per heavy atom. The van der Waals surface area contributed by atoms with E-state index in [1.54, 1.807) is 0 Å². The molecule has 0 amide bonds. The van der Waals surface area contributed by atoms with Gasteiger partial charge in [0.1, 0.15) is 0 Å². The van der Waals surface area contributed by atoms with E-state index in [0.717, 1.165) is 44.8 Å². The summed E-state index contributed by atoms with van der Waals surface area (Å²) in [5.74, 6) is 0.747. The van der Waals surface area contributed by atoms with E-state index in [0.29, 0.717) is 119 Å². The van der Waals surface area contributed by atoms with Gasteiger partial charge in [0.05, 0.1) is 119 Å². The maximum atomic E-state index is 5.65. The van der Waals surface area contributed by atoms with E-state index in [-0.39, 0.29) is 0 Å². The second-order valence-corrected chi connectivity index (χ2v) is 8.96. The Balaban J connectivity index is 3.01. The Kier molecular flexibility index (Phi) is 37.8. The third-order valence-corrected chi connectivity index (χ3v) is 5.43. The smallest absolute Gasteiger partial charge is 0.0701 e. The van der Waals surface area contributed by atoms with Crippen molar-refractivity contribution in [2.45, 2.75) is 45.4 Å². The van der Waals surface area contributed by atoms with Crippen LogP contribution in [0.5, 0.6) is 0 Å².